The summed E-state index contributed by atoms with van der Waals surface area (Å²) in [7, 11) is 0.0576. The molecule has 0 aromatic heterocycles. The smallest absolute Gasteiger partial charge is 0.321 e. The molecule has 0 radical (unpaired) electrons. The zero-order valence-corrected chi connectivity index (χ0v) is 15.8. The fourth-order valence-electron chi connectivity index (χ4n) is 3.09. The van der Waals surface area contributed by atoms with Gasteiger partial charge in [-0.05, 0) is 19.2 Å². The number of hydrogen-bond donors (Lipinski definition) is 0. The van der Waals surface area contributed by atoms with Crippen molar-refractivity contribution in [3.8, 4) is 0 Å². The van der Waals surface area contributed by atoms with Crippen molar-refractivity contribution >= 4 is 24.0 Å². The maximum atomic E-state index is 2.42. The first-order chi connectivity index (χ1) is 10.2. The van der Waals surface area contributed by atoms with Gasteiger partial charge in [-0.25, -0.2) is 0 Å². The van der Waals surface area contributed by atoms with Crippen LogP contribution in [0, 0.1) is 18.3 Å². The van der Waals surface area contributed by atoms with E-state index in [9.17, 15) is 0 Å². The molecule has 0 aliphatic heterocycles. The average molecular weight is 342 g/mol. The van der Waals surface area contributed by atoms with Crippen LogP contribution in [0.15, 0.2) is 60.7 Å². The maximum Gasteiger partial charge on any atom is 2.00 e. The fourth-order valence-corrected chi connectivity index (χ4v) is 3.88. The first-order valence-corrected chi connectivity index (χ1v) is 9.99. The minimum atomic E-state index is 0. The van der Waals surface area contributed by atoms with E-state index in [0.29, 0.717) is 0 Å². The predicted molar refractivity (Wildman–Crippen MR) is 96.7 cm³/mol. The standard InChI is InChI=1S/C11H12P.C9H11.Ti/c1-12(2)11-7-9-5-3-4-6-10(9)8-11;1-2-5-9-7-3-6-8(9)4-1;/h3-8H,1-2H3;1-2,4-6,8-9H,3,7H2;/q2*-1;+2. The summed E-state index contributed by atoms with van der Waals surface area (Å²) in [6, 6.07) is 13.2. The van der Waals surface area contributed by atoms with Gasteiger partial charge in [0.15, 0.2) is 0 Å². The Morgan fingerprint density at radius 2 is 1.86 bits per heavy atom. The van der Waals surface area contributed by atoms with Crippen LogP contribution in [0.5, 0.6) is 0 Å². The van der Waals surface area contributed by atoms with Gasteiger partial charge in [-0.1, -0.05) is 30.7 Å². The van der Waals surface area contributed by atoms with Crippen molar-refractivity contribution in [2.45, 2.75) is 12.8 Å². The Labute approximate surface area is 150 Å². The van der Waals surface area contributed by atoms with Crippen LogP contribution >= 0.6 is 7.92 Å². The van der Waals surface area contributed by atoms with E-state index >= 15 is 0 Å². The molecule has 2 aromatic carbocycles. The summed E-state index contributed by atoms with van der Waals surface area (Å²) < 4.78 is 0. The molecule has 112 valence electrons. The quantitative estimate of drug-likeness (QED) is 0.376. The third-order valence-electron chi connectivity index (χ3n) is 4.36. The zero-order valence-electron chi connectivity index (χ0n) is 13.4. The first kappa shape index (κ1) is 17.8. The molecule has 0 N–H and O–H groups in total. The zero-order chi connectivity index (χ0) is 14.7. The maximum absolute atomic E-state index is 2.42. The molecule has 0 nitrogen and oxygen atoms in total. The van der Waals surface area contributed by atoms with Gasteiger partial charge in [-0.3, -0.25) is 0 Å². The minimum absolute atomic E-state index is 0. The Morgan fingerprint density at radius 1 is 1.09 bits per heavy atom. The number of rotatable bonds is 1. The van der Waals surface area contributed by atoms with E-state index in [1.54, 1.807) is 0 Å². The summed E-state index contributed by atoms with van der Waals surface area (Å²) in [4.78, 5) is 0. The van der Waals surface area contributed by atoms with Crippen LogP contribution in [-0.2, 0) is 21.7 Å². The molecule has 2 unspecified atom stereocenters. The minimum Gasteiger partial charge on any atom is -0.321 e. The topological polar surface area (TPSA) is 0 Å². The van der Waals surface area contributed by atoms with Crippen LogP contribution in [-0.4, -0.2) is 13.3 Å². The van der Waals surface area contributed by atoms with E-state index < -0.39 is 0 Å². The Morgan fingerprint density at radius 3 is 2.59 bits per heavy atom. The average Bonchev–Trinajstić information content (AvgIpc) is 3.14. The van der Waals surface area contributed by atoms with Crippen LogP contribution in [0.2, 0.25) is 0 Å². The molecular weight excluding hydrogens is 319 g/mol. The van der Waals surface area contributed by atoms with Crippen LogP contribution in [0.25, 0.3) is 10.8 Å². The van der Waals surface area contributed by atoms with Crippen LogP contribution in [0.4, 0.5) is 0 Å². The summed E-state index contributed by atoms with van der Waals surface area (Å²) in [6.45, 7) is 4.59. The molecule has 0 bridgehead atoms. The van der Waals surface area contributed by atoms with E-state index in [1.807, 2.05) is 0 Å². The fraction of sp³-hybridized carbons (Fsp3) is 0.300. The second-order valence-corrected chi connectivity index (χ2v) is 8.37. The molecule has 2 aromatic rings. The van der Waals surface area contributed by atoms with Gasteiger partial charge in [0.25, 0.3) is 0 Å². The van der Waals surface area contributed by atoms with Gasteiger partial charge in [-0.2, -0.15) is 12.5 Å². The summed E-state index contributed by atoms with van der Waals surface area (Å²) in [5, 5.41) is 4.26. The molecule has 2 heteroatoms. The number of fused-ring (bicyclic) bond motifs is 2. The molecule has 0 saturated heterocycles. The monoisotopic (exact) mass is 342 g/mol. The Hall–Kier alpha value is -0.546. The van der Waals surface area contributed by atoms with Gasteiger partial charge in [0.1, 0.15) is 0 Å². The number of hydrogen-bond acceptors (Lipinski definition) is 0. The molecule has 1 fully saturated rings. The van der Waals surface area contributed by atoms with Crippen molar-refractivity contribution in [3.05, 3.63) is 67.1 Å². The van der Waals surface area contributed by atoms with E-state index in [1.165, 1.54) is 28.9 Å². The summed E-state index contributed by atoms with van der Waals surface area (Å²) >= 11 is 0. The van der Waals surface area contributed by atoms with Gasteiger partial charge in [0.2, 0.25) is 0 Å². The van der Waals surface area contributed by atoms with Crippen molar-refractivity contribution in [1.82, 2.24) is 0 Å². The van der Waals surface area contributed by atoms with Gasteiger partial charge in [0.05, 0.1) is 0 Å². The number of benzene rings is 1. The third-order valence-corrected chi connectivity index (χ3v) is 5.65. The molecule has 1 saturated carbocycles. The molecular formula is C20H23PTi. The number of allylic oxidation sites excluding steroid dienone is 4. The molecule has 22 heavy (non-hydrogen) atoms. The van der Waals surface area contributed by atoms with Crippen molar-refractivity contribution in [2.75, 3.05) is 13.3 Å². The second-order valence-electron chi connectivity index (χ2n) is 6.06. The Kier molecular flexibility index (Phi) is 6.75. The molecule has 4 rings (SSSR count). The van der Waals surface area contributed by atoms with Gasteiger partial charge in [0, 0.05) is 0 Å². The largest absolute Gasteiger partial charge is 2.00 e. The van der Waals surface area contributed by atoms with Crippen molar-refractivity contribution in [3.63, 3.8) is 0 Å². The van der Waals surface area contributed by atoms with Gasteiger partial charge in [-0.15, -0.1) is 60.3 Å². The van der Waals surface area contributed by atoms with Crippen LogP contribution in [0.3, 0.4) is 0 Å². The Bertz CT molecular complexity index is 600. The summed E-state index contributed by atoms with van der Waals surface area (Å²) in [6.07, 6.45) is 14.1. The normalized spacial score (nSPS) is 22.1. The SMILES string of the molecule is C1=CC2[CH-]CCC2C=C1.CP(C)c1cc2ccccc2[cH-]1.[Ti+2]. The van der Waals surface area contributed by atoms with Crippen molar-refractivity contribution in [2.24, 2.45) is 11.8 Å². The molecule has 0 amide bonds. The van der Waals surface area contributed by atoms with Crippen molar-refractivity contribution in [1.29, 1.82) is 0 Å². The van der Waals surface area contributed by atoms with E-state index in [2.05, 4.69) is 80.5 Å². The van der Waals surface area contributed by atoms with Crippen molar-refractivity contribution < 1.29 is 21.7 Å². The molecule has 0 heterocycles. The molecule has 2 aliphatic rings. The summed E-state index contributed by atoms with van der Waals surface area (Å²) in [5.74, 6) is 1.62. The van der Waals surface area contributed by atoms with E-state index in [4.69, 9.17) is 0 Å². The van der Waals surface area contributed by atoms with Gasteiger partial charge >= 0.3 is 21.7 Å². The first-order valence-electron chi connectivity index (χ1n) is 7.75. The Balaban J connectivity index is 0.000000159. The van der Waals surface area contributed by atoms with E-state index in [0.717, 1.165) is 11.8 Å². The van der Waals surface area contributed by atoms with E-state index in [-0.39, 0.29) is 29.6 Å². The van der Waals surface area contributed by atoms with Gasteiger partial charge < -0.3 is 6.42 Å². The molecule has 2 aliphatic carbocycles. The third kappa shape index (κ3) is 4.26. The van der Waals surface area contributed by atoms with Crippen LogP contribution in [0.1, 0.15) is 12.8 Å². The second kappa shape index (κ2) is 8.35. The van der Waals surface area contributed by atoms with Crippen LogP contribution < -0.4 is 5.30 Å². The summed E-state index contributed by atoms with van der Waals surface area (Å²) in [5.41, 5.74) is 0. The molecule has 2 atom stereocenters. The predicted octanol–water partition coefficient (Wildman–Crippen LogP) is 5.27. The molecule has 0 spiro atoms.